The molecule has 0 radical (unpaired) electrons. The highest BCUT2D eigenvalue weighted by atomic mass is 16.5. The van der Waals surface area contributed by atoms with E-state index in [-0.39, 0.29) is 43.3 Å². The summed E-state index contributed by atoms with van der Waals surface area (Å²) in [6, 6.07) is 31.8. The van der Waals surface area contributed by atoms with Crippen LogP contribution in [0.15, 0.2) is 109 Å². The summed E-state index contributed by atoms with van der Waals surface area (Å²) in [5.74, 6) is -1.65. The molecule has 2 amide bonds. The van der Waals surface area contributed by atoms with Gasteiger partial charge in [0.2, 0.25) is 0 Å². The van der Waals surface area contributed by atoms with E-state index in [0.29, 0.717) is 44.1 Å². The number of ketones is 1. The maximum Gasteiger partial charge on any atom is 0.307 e. The Balaban J connectivity index is 0.000000240. The molecule has 1 aliphatic heterocycles. The maximum absolute atomic E-state index is 12.6. The molecule has 6 aromatic rings. The zero-order valence-corrected chi connectivity index (χ0v) is 40.5. The van der Waals surface area contributed by atoms with Crippen molar-refractivity contribution in [1.29, 1.82) is 0 Å². The zero-order chi connectivity index (χ0) is 50.8. The molecule has 4 aromatic carbocycles. The molecule has 2 atom stereocenters. The van der Waals surface area contributed by atoms with Crippen LogP contribution in [0, 0.1) is 0 Å². The summed E-state index contributed by atoms with van der Waals surface area (Å²) in [6.45, 7) is 4.70. The van der Waals surface area contributed by atoms with Gasteiger partial charge in [0.15, 0.2) is 0 Å². The number of pyridine rings is 2. The summed E-state index contributed by atoms with van der Waals surface area (Å²) in [6.07, 6.45) is 12.4. The quantitative estimate of drug-likeness (QED) is 0.0204. The molecule has 1 aliphatic rings. The second-order valence-electron chi connectivity index (χ2n) is 17.3. The highest BCUT2D eigenvalue weighted by Gasteiger charge is 2.27. The number of Topliss-reactive ketones (excluding diaryl/α,β-unsaturated/α-hetero) is 1. The molecule has 0 bridgehead atoms. The molecule has 374 valence electrons. The van der Waals surface area contributed by atoms with E-state index < -0.39 is 30.0 Å². The van der Waals surface area contributed by atoms with Gasteiger partial charge in [0.1, 0.15) is 5.78 Å². The number of aliphatic hydroxyl groups is 4. The molecule has 0 spiro atoms. The predicted molar refractivity (Wildman–Crippen MR) is 273 cm³/mol. The molecule has 70 heavy (non-hydrogen) atoms. The van der Waals surface area contributed by atoms with Gasteiger partial charge in [-0.15, -0.1) is 0 Å². The number of hydrogen-bond acceptors (Lipinski definition) is 12. The van der Waals surface area contributed by atoms with Crippen molar-refractivity contribution in [3.8, 4) is 22.3 Å². The first-order valence-corrected chi connectivity index (χ1v) is 24.3. The van der Waals surface area contributed by atoms with Gasteiger partial charge < -0.3 is 31.3 Å². The molecule has 14 heteroatoms. The summed E-state index contributed by atoms with van der Waals surface area (Å²) >= 11 is 0. The Morgan fingerprint density at radius 3 is 1.50 bits per heavy atom. The number of carbonyl (C=O) groups is 4. The van der Waals surface area contributed by atoms with Crippen molar-refractivity contribution in [3.05, 3.63) is 132 Å². The number of amides is 2. The molecule has 8 N–H and O–H groups in total. The number of nitrogens with two attached hydrogens (primary N) is 1. The van der Waals surface area contributed by atoms with Crippen LogP contribution in [-0.2, 0) is 44.9 Å². The first-order valence-electron chi connectivity index (χ1n) is 24.3. The number of benzene rings is 4. The minimum absolute atomic E-state index is 0.0966. The van der Waals surface area contributed by atoms with Crippen LogP contribution in [0.4, 0.5) is 0 Å². The SMILES string of the molecule is CCCCCC(=O)Cc1cnc2ccccc2c1-c1cccc(CCC(O)CO)c1.CCCCCN.O=C(O)Cc1cnc2ccccc2c1-c1cccc(CCC(O)CO)c1.O=C1CCC(=O)N1O. The lowest BCUT2D eigenvalue weighted by molar-refractivity contribution is -0.171. The minimum atomic E-state index is -0.898. The van der Waals surface area contributed by atoms with Crippen LogP contribution >= 0.6 is 0 Å². The average molecular weight is 959 g/mol. The van der Waals surface area contributed by atoms with Crippen molar-refractivity contribution < 1.29 is 49.9 Å². The first-order chi connectivity index (χ1) is 33.8. The minimum Gasteiger partial charge on any atom is -0.481 e. The highest BCUT2D eigenvalue weighted by Crippen LogP contribution is 2.34. The van der Waals surface area contributed by atoms with Crippen molar-refractivity contribution in [2.24, 2.45) is 5.73 Å². The number of imide groups is 1. The van der Waals surface area contributed by atoms with E-state index in [0.717, 1.165) is 86.6 Å². The van der Waals surface area contributed by atoms with Crippen LogP contribution < -0.4 is 5.73 Å². The Labute approximate surface area is 410 Å². The largest absolute Gasteiger partial charge is 0.481 e. The van der Waals surface area contributed by atoms with E-state index in [2.05, 4.69) is 42.0 Å². The number of fused-ring (bicyclic) bond motifs is 2. The third-order valence-corrected chi connectivity index (χ3v) is 11.7. The Bertz CT molecular complexity index is 2580. The van der Waals surface area contributed by atoms with Crippen molar-refractivity contribution in [1.82, 2.24) is 15.0 Å². The molecule has 2 aromatic heterocycles. The number of hydroxylamine groups is 2. The molecule has 0 aliphatic carbocycles. The number of aliphatic carboxylic acids is 1. The fourth-order valence-corrected chi connectivity index (χ4v) is 7.92. The number of carbonyl (C=O) groups excluding carboxylic acids is 3. The predicted octanol–water partition coefficient (Wildman–Crippen LogP) is 8.35. The van der Waals surface area contributed by atoms with Gasteiger partial charge in [-0.1, -0.05) is 124 Å². The Hall–Kier alpha value is -6.26. The van der Waals surface area contributed by atoms with Crippen LogP contribution in [0.1, 0.15) is 107 Å². The third-order valence-electron chi connectivity index (χ3n) is 11.7. The Morgan fingerprint density at radius 2 is 1.10 bits per heavy atom. The second kappa shape index (κ2) is 30.4. The van der Waals surface area contributed by atoms with Crippen molar-refractivity contribution >= 4 is 45.4 Å². The van der Waals surface area contributed by atoms with Crippen molar-refractivity contribution in [2.45, 2.75) is 122 Å². The number of para-hydroxylation sites is 2. The van der Waals surface area contributed by atoms with E-state index in [1.165, 1.54) is 19.3 Å². The lowest BCUT2D eigenvalue weighted by atomic mass is 9.91. The normalized spacial score (nSPS) is 12.9. The second-order valence-corrected chi connectivity index (χ2v) is 17.3. The van der Waals surface area contributed by atoms with E-state index in [1.54, 1.807) is 6.20 Å². The van der Waals surface area contributed by atoms with Crippen LogP contribution in [0.25, 0.3) is 44.1 Å². The van der Waals surface area contributed by atoms with E-state index >= 15 is 0 Å². The lowest BCUT2D eigenvalue weighted by Gasteiger charge is -2.14. The van der Waals surface area contributed by atoms with Crippen LogP contribution in [-0.4, -0.2) is 101 Å². The zero-order valence-electron chi connectivity index (χ0n) is 40.5. The number of aryl methyl sites for hydroxylation is 2. The number of hydrogen-bond donors (Lipinski definition) is 7. The van der Waals surface area contributed by atoms with Crippen LogP contribution in [0.3, 0.4) is 0 Å². The molecule has 1 fully saturated rings. The van der Waals surface area contributed by atoms with Gasteiger partial charge in [-0.2, -0.15) is 5.06 Å². The number of nitrogens with zero attached hydrogens (tertiary/aromatic N) is 3. The van der Waals surface area contributed by atoms with Gasteiger partial charge in [0.25, 0.3) is 11.8 Å². The molecule has 3 heterocycles. The maximum atomic E-state index is 12.6. The van der Waals surface area contributed by atoms with Gasteiger partial charge in [-0.25, -0.2) is 0 Å². The fraction of sp³-hybridized carbons (Fsp3) is 0.393. The summed E-state index contributed by atoms with van der Waals surface area (Å²) in [4.78, 5) is 53.4. The molecule has 7 rings (SSSR count). The van der Waals surface area contributed by atoms with Crippen molar-refractivity contribution in [3.63, 3.8) is 0 Å². The number of aromatic nitrogens is 2. The summed E-state index contributed by atoms with van der Waals surface area (Å²) < 4.78 is 0. The van der Waals surface area contributed by atoms with Gasteiger partial charge in [0, 0.05) is 48.8 Å². The fourth-order valence-electron chi connectivity index (χ4n) is 7.92. The number of rotatable bonds is 21. The van der Waals surface area contributed by atoms with Gasteiger partial charge in [-0.3, -0.25) is 34.4 Å². The molecule has 0 saturated carbocycles. The molecular weight excluding hydrogens is 889 g/mol. The number of carboxylic acids is 1. The van der Waals surface area contributed by atoms with E-state index in [9.17, 15) is 34.5 Å². The standard InChI is InChI=1S/C26H31NO3.C21H21NO4.C5H13N.C4H5NO3/c1-2-3-4-10-22(29)16-21-17-27-25-12-6-5-11-24(25)26(21)20-9-7-8-19(15-20)13-14-23(30)18-28;23-13-17(24)9-8-14-4-3-5-15(10-14)21-16(11-20(25)26)12-22-19-7-2-1-6-18(19)21;1-2-3-4-5-6;6-3-1-2-4(7)5(3)8/h5-9,11-12,15,17,23,28,30H,2-4,10,13-14,16,18H2,1H3;1-7,10,12,17,23-24H,8-9,11,13H2,(H,25,26);2-6H2,1H3;8H,1-2H2. The monoisotopic (exact) mass is 959 g/mol. The molecule has 2 unspecified atom stereocenters. The smallest absolute Gasteiger partial charge is 0.307 e. The Morgan fingerprint density at radius 1 is 0.643 bits per heavy atom. The van der Waals surface area contributed by atoms with E-state index in [4.69, 9.17) is 21.2 Å². The van der Waals surface area contributed by atoms with Gasteiger partial charge >= 0.3 is 5.97 Å². The van der Waals surface area contributed by atoms with Gasteiger partial charge in [-0.05, 0) is 102 Å². The lowest BCUT2D eigenvalue weighted by Crippen LogP contribution is -2.24. The average Bonchev–Trinajstić information content (AvgIpc) is 3.67. The van der Waals surface area contributed by atoms with Gasteiger partial charge in [0.05, 0.1) is 42.9 Å². The summed E-state index contributed by atoms with van der Waals surface area (Å²) in [5.41, 5.74) is 14.6. The molecule has 14 nitrogen and oxygen atoms in total. The highest BCUT2D eigenvalue weighted by molar-refractivity contribution is 6.00. The van der Waals surface area contributed by atoms with Crippen molar-refractivity contribution in [2.75, 3.05) is 19.8 Å². The Kier molecular flexibility index (Phi) is 24.4. The topological polar surface area (TPSA) is 245 Å². The third kappa shape index (κ3) is 17.9. The molecule has 1 saturated heterocycles. The summed E-state index contributed by atoms with van der Waals surface area (Å²) in [5, 5.41) is 57.1. The van der Waals surface area contributed by atoms with Crippen LogP contribution in [0.2, 0.25) is 0 Å². The first kappa shape index (κ1) is 56.3. The molecular formula is C56H70N4O10. The number of carboxylic acid groups (broad SMARTS) is 1. The van der Waals surface area contributed by atoms with Crippen LogP contribution in [0.5, 0.6) is 0 Å². The number of unbranched alkanes of at least 4 members (excludes halogenated alkanes) is 4. The van der Waals surface area contributed by atoms with E-state index in [1.807, 2.05) is 85.1 Å². The number of aliphatic hydroxyl groups excluding tert-OH is 4. The summed E-state index contributed by atoms with van der Waals surface area (Å²) in [7, 11) is 0.